The van der Waals surface area contributed by atoms with E-state index in [1.807, 2.05) is 0 Å². The van der Waals surface area contributed by atoms with E-state index in [2.05, 4.69) is 4.98 Å². The first kappa shape index (κ1) is 17.1. The molecule has 1 N–H and O–H groups in total. The van der Waals surface area contributed by atoms with Gasteiger partial charge in [0.25, 0.3) is 0 Å². The summed E-state index contributed by atoms with van der Waals surface area (Å²) >= 11 is 1.22. The average Bonchev–Trinajstić information content (AvgIpc) is 2.84. The lowest BCUT2D eigenvalue weighted by atomic mass is 10.1. The van der Waals surface area contributed by atoms with Gasteiger partial charge in [0.05, 0.1) is 22.8 Å². The van der Waals surface area contributed by atoms with E-state index in [1.54, 1.807) is 37.4 Å². The highest BCUT2D eigenvalue weighted by Gasteiger charge is 2.20. The zero-order valence-electron chi connectivity index (χ0n) is 12.4. The predicted octanol–water partition coefficient (Wildman–Crippen LogP) is 3.03. The summed E-state index contributed by atoms with van der Waals surface area (Å²) in [4.78, 5) is 4.21. The molecule has 4 nitrogen and oxygen atoms in total. The number of rotatable bonds is 6. The Balaban J connectivity index is 2.11. The average molecular weight is 343 g/mol. The molecule has 0 saturated heterocycles. The first-order chi connectivity index (χ1) is 10.2. The van der Waals surface area contributed by atoms with E-state index in [0.29, 0.717) is 16.3 Å². The zero-order valence-corrected chi connectivity index (χ0v) is 14.0. The van der Waals surface area contributed by atoms with Crippen molar-refractivity contribution in [3.63, 3.8) is 0 Å². The van der Waals surface area contributed by atoms with Crippen LogP contribution in [-0.4, -0.2) is 29.9 Å². The Morgan fingerprint density at radius 3 is 2.64 bits per heavy atom. The van der Waals surface area contributed by atoms with Crippen LogP contribution in [0.4, 0.5) is 4.39 Å². The third-order valence-corrected chi connectivity index (χ3v) is 5.53. The summed E-state index contributed by atoms with van der Waals surface area (Å²) in [6, 6.07) is 6.26. The van der Waals surface area contributed by atoms with Gasteiger partial charge < -0.3 is 5.11 Å². The van der Waals surface area contributed by atoms with E-state index >= 15 is 0 Å². The molecule has 7 heteroatoms. The van der Waals surface area contributed by atoms with Gasteiger partial charge in [-0.3, -0.25) is 0 Å². The molecule has 0 aliphatic rings. The largest absolute Gasteiger partial charge is 0.390 e. The quantitative estimate of drug-likeness (QED) is 0.875. The maximum Gasteiger partial charge on any atom is 0.156 e. The van der Waals surface area contributed by atoms with Crippen LogP contribution >= 0.6 is 11.3 Å². The van der Waals surface area contributed by atoms with Gasteiger partial charge in [-0.1, -0.05) is 12.1 Å². The first-order valence-electron chi connectivity index (χ1n) is 6.78. The molecule has 0 atom stereocenters. The van der Waals surface area contributed by atoms with Crippen LogP contribution in [0.1, 0.15) is 26.0 Å². The fourth-order valence-electron chi connectivity index (χ4n) is 1.83. The molecule has 1 aromatic heterocycles. The molecule has 0 bridgehead atoms. The second-order valence-corrected chi connectivity index (χ2v) is 8.82. The highest BCUT2D eigenvalue weighted by molar-refractivity contribution is 7.90. The lowest BCUT2D eigenvalue weighted by Gasteiger charge is -2.16. The van der Waals surface area contributed by atoms with Crippen LogP contribution < -0.4 is 0 Å². The molecule has 2 aromatic rings. The summed E-state index contributed by atoms with van der Waals surface area (Å²) in [6.07, 6.45) is 0.166. The van der Waals surface area contributed by atoms with Crippen molar-refractivity contribution in [2.75, 3.05) is 5.75 Å². The van der Waals surface area contributed by atoms with Gasteiger partial charge in [0, 0.05) is 10.9 Å². The number of halogens is 1. The van der Waals surface area contributed by atoms with Gasteiger partial charge >= 0.3 is 0 Å². The summed E-state index contributed by atoms with van der Waals surface area (Å²) < 4.78 is 37.8. The second-order valence-electron chi connectivity index (χ2n) is 5.78. The van der Waals surface area contributed by atoms with Crippen molar-refractivity contribution < 1.29 is 17.9 Å². The van der Waals surface area contributed by atoms with Gasteiger partial charge in [-0.25, -0.2) is 17.8 Å². The van der Waals surface area contributed by atoms with Crippen LogP contribution in [0.2, 0.25) is 0 Å². The molecule has 0 aliphatic heterocycles. The normalized spacial score (nSPS) is 12.5. The van der Waals surface area contributed by atoms with Gasteiger partial charge in [0.2, 0.25) is 0 Å². The Labute approximate surface area is 133 Å². The number of hydrogen-bond acceptors (Lipinski definition) is 5. The minimum Gasteiger partial charge on any atom is -0.390 e. The first-order valence-corrected chi connectivity index (χ1v) is 9.48. The van der Waals surface area contributed by atoms with E-state index in [0.717, 1.165) is 0 Å². The van der Waals surface area contributed by atoms with E-state index in [1.165, 1.54) is 17.4 Å². The van der Waals surface area contributed by atoms with E-state index in [9.17, 15) is 17.9 Å². The smallest absolute Gasteiger partial charge is 0.156 e. The van der Waals surface area contributed by atoms with Crippen molar-refractivity contribution in [2.24, 2.45) is 0 Å². The molecule has 1 aromatic carbocycles. The highest BCUT2D eigenvalue weighted by Crippen LogP contribution is 2.27. The molecule has 1 heterocycles. The Hall–Kier alpha value is -1.31. The third kappa shape index (κ3) is 4.86. The molecule has 120 valence electrons. The Kier molecular flexibility index (Phi) is 4.99. The maximum absolute atomic E-state index is 13.7. The number of nitrogens with zero attached hydrogens (tertiary/aromatic N) is 1. The molecule has 2 rings (SSSR count). The monoisotopic (exact) mass is 343 g/mol. The molecular weight excluding hydrogens is 325 g/mol. The standard InChI is InChI=1S/C15H18FNO3S2/c1-15(2,18)7-8-22(19,20)10-11-9-21-14(17-11)12-5-3-4-6-13(12)16/h3-6,9,18H,7-8,10H2,1-2H3. The summed E-state index contributed by atoms with van der Waals surface area (Å²) in [5, 5.41) is 11.7. The number of aliphatic hydroxyl groups is 1. The van der Waals surface area contributed by atoms with Crippen LogP contribution in [0.5, 0.6) is 0 Å². The van der Waals surface area contributed by atoms with Crippen LogP contribution in [0.25, 0.3) is 10.6 Å². The van der Waals surface area contributed by atoms with Gasteiger partial charge in [0.15, 0.2) is 9.84 Å². The minimum atomic E-state index is -3.36. The summed E-state index contributed by atoms with van der Waals surface area (Å²) in [5.41, 5.74) is -0.250. The van der Waals surface area contributed by atoms with Crippen LogP contribution in [0.15, 0.2) is 29.6 Å². The fraction of sp³-hybridized carbons (Fsp3) is 0.400. The van der Waals surface area contributed by atoms with Crippen LogP contribution in [-0.2, 0) is 15.6 Å². The Morgan fingerprint density at radius 2 is 2.00 bits per heavy atom. The number of sulfone groups is 1. The van der Waals surface area contributed by atoms with E-state index in [4.69, 9.17) is 0 Å². The summed E-state index contributed by atoms with van der Waals surface area (Å²) in [7, 11) is -3.36. The maximum atomic E-state index is 13.7. The van der Waals surface area contributed by atoms with Crippen molar-refractivity contribution in [1.29, 1.82) is 0 Å². The second kappa shape index (κ2) is 6.44. The van der Waals surface area contributed by atoms with E-state index < -0.39 is 15.4 Å². The Morgan fingerprint density at radius 1 is 1.32 bits per heavy atom. The molecule has 0 radical (unpaired) electrons. The molecule has 22 heavy (non-hydrogen) atoms. The lowest BCUT2D eigenvalue weighted by Crippen LogP contribution is -2.24. The number of benzene rings is 1. The molecule has 0 spiro atoms. The van der Waals surface area contributed by atoms with Gasteiger partial charge in [-0.2, -0.15) is 0 Å². The van der Waals surface area contributed by atoms with Crippen LogP contribution in [0.3, 0.4) is 0 Å². The minimum absolute atomic E-state index is 0.108. The van der Waals surface area contributed by atoms with E-state index in [-0.39, 0.29) is 23.7 Å². The van der Waals surface area contributed by atoms with Crippen molar-refractivity contribution in [2.45, 2.75) is 31.6 Å². The SMILES string of the molecule is CC(C)(O)CCS(=O)(=O)Cc1csc(-c2ccccc2F)n1. The molecule has 0 amide bonds. The fourth-order valence-corrected chi connectivity index (χ4v) is 4.34. The van der Waals surface area contributed by atoms with Crippen molar-refractivity contribution in [3.8, 4) is 10.6 Å². The highest BCUT2D eigenvalue weighted by atomic mass is 32.2. The molecule has 0 fully saturated rings. The zero-order chi connectivity index (χ0) is 16.4. The molecular formula is C15H18FNO3S2. The van der Waals surface area contributed by atoms with Gasteiger partial charge in [0.1, 0.15) is 10.8 Å². The topological polar surface area (TPSA) is 67.3 Å². The van der Waals surface area contributed by atoms with Gasteiger partial charge in [-0.15, -0.1) is 11.3 Å². The van der Waals surface area contributed by atoms with Crippen molar-refractivity contribution in [3.05, 3.63) is 41.2 Å². The molecule has 0 aliphatic carbocycles. The number of thiazole rings is 1. The summed E-state index contributed by atoms with van der Waals surface area (Å²) in [5.74, 6) is -0.690. The van der Waals surface area contributed by atoms with Crippen LogP contribution in [0, 0.1) is 5.82 Å². The number of aromatic nitrogens is 1. The molecule has 0 unspecified atom stereocenters. The third-order valence-electron chi connectivity index (χ3n) is 3.05. The Bertz CT molecular complexity index is 748. The summed E-state index contributed by atoms with van der Waals surface area (Å²) in [6.45, 7) is 3.14. The van der Waals surface area contributed by atoms with Crippen molar-refractivity contribution >= 4 is 21.2 Å². The number of hydrogen-bond donors (Lipinski definition) is 1. The lowest BCUT2D eigenvalue weighted by molar-refractivity contribution is 0.0772. The molecule has 0 saturated carbocycles. The van der Waals surface area contributed by atoms with Gasteiger partial charge in [-0.05, 0) is 32.4 Å². The predicted molar refractivity (Wildman–Crippen MR) is 85.9 cm³/mol. The van der Waals surface area contributed by atoms with Crippen molar-refractivity contribution in [1.82, 2.24) is 4.98 Å².